The molecule has 1 fully saturated rings. The maximum atomic E-state index is 11.1. The van der Waals surface area contributed by atoms with Gasteiger partial charge in [0.25, 0.3) is 5.69 Å². The quantitative estimate of drug-likeness (QED) is 0.472. The van der Waals surface area contributed by atoms with Crippen molar-refractivity contribution < 1.29 is 4.92 Å². The predicted molar refractivity (Wildman–Crippen MR) is 89.0 cm³/mol. The Labute approximate surface area is 131 Å². The van der Waals surface area contributed by atoms with Gasteiger partial charge in [-0.05, 0) is 60.2 Å². The van der Waals surface area contributed by atoms with Crippen LogP contribution in [0.1, 0.15) is 25.7 Å². The van der Waals surface area contributed by atoms with Gasteiger partial charge in [-0.2, -0.15) is 11.8 Å². The molecule has 6 heteroatoms. The first kappa shape index (κ1) is 14.9. The third-order valence-electron chi connectivity index (χ3n) is 3.48. The van der Waals surface area contributed by atoms with Crippen LogP contribution < -0.4 is 5.32 Å². The maximum absolute atomic E-state index is 11.1. The van der Waals surface area contributed by atoms with Gasteiger partial charge < -0.3 is 5.32 Å². The van der Waals surface area contributed by atoms with Crippen LogP contribution in [0.25, 0.3) is 0 Å². The molecule has 0 aliphatic heterocycles. The summed E-state index contributed by atoms with van der Waals surface area (Å²) >= 11 is 4.00. The summed E-state index contributed by atoms with van der Waals surface area (Å²) < 4.78 is 0.889. The van der Waals surface area contributed by atoms with E-state index in [2.05, 4.69) is 34.2 Å². The zero-order valence-corrected chi connectivity index (χ0v) is 13.7. The van der Waals surface area contributed by atoms with Crippen molar-refractivity contribution in [2.24, 2.45) is 0 Å². The molecule has 1 aliphatic rings. The maximum Gasteiger partial charge on any atom is 0.293 e. The number of anilines is 1. The molecule has 19 heavy (non-hydrogen) atoms. The molecule has 0 aromatic heterocycles. The fourth-order valence-electron chi connectivity index (χ4n) is 2.49. The van der Waals surface area contributed by atoms with Crippen molar-refractivity contribution >= 4 is 45.7 Å². The van der Waals surface area contributed by atoms with Gasteiger partial charge in [0, 0.05) is 20.9 Å². The number of nitrogens with zero attached hydrogens (tertiary/aromatic N) is 1. The lowest BCUT2D eigenvalue weighted by molar-refractivity contribution is -0.384. The van der Waals surface area contributed by atoms with E-state index in [1.54, 1.807) is 6.07 Å². The Kier molecular flexibility index (Phi) is 5.32. The van der Waals surface area contributed by atoms with Crippen LogP contribution in [-0.4, -0.2) is 22.5 Å². The first-order valence-corrected chi connectivity index (χ1v) is 8.70. The van der Waals surface area contributed by atoms with Crippen LogP contribution in [-0.2, 0) is 0 Å². The van der Waals surface area contributed by atoms with Crippen molar-refractivity contribution in [2.75, 3.05) is 11.6 Å². The Morgan fingerprint density at radius 1 is 1.47 bits per heavy atom. The molecule has 0 bridgehead atoms. The van der Waals surface area contributed by atoms with E-state index in [4.69, 9.17) is 0 Å². The van der Waals surface area contributed by atoms with Crippen LogP contribution in [0.2, 0.25) is 0 Å². The standard InChI is InChI=1S/C13H17IN2O2S/c1-19-11-4-2-3-10(8-11)15-12-6-5-9(14)7-13(12)16(17)18/h5-7,10-11,15H,2-4,8H2,1H3. The molecular formula is C13H17IN2O2S. The molecular weight excluding hydrogens is 375 g/mol. The highest BCUT2D eigenvalue weighted by Gasteiger charge is 2.23. The Hall–Kier alpha value is -0.500. The Bertz CT molecular complexity index is 470. The second-order valence-electron chi connectivity index (χ2n) is 4.78. The molecule has 1 saturated carbocycles. The minimum Gasteiger partial charge on any atom is -0.377 e. The van der Waals surface area contributed by atoms with Gasteiger partial charge in [-0.25, -0.2) is 0 Å². The first-order valence-electron chi connectivity index (χ1n) is 6.33. The largest absolute Gasteiger partial charge is 0.377 e. The molecule has 0 amide bonds. The van der Waals surface area contributed by atoms with Gasteiger partial charge in [-0.15, -0.1) is 0 Å². The van der Waals surface area contributed by atoms with Gasteiger partial charge in [0.15, 0.2) is 0 Å². The minimum absolute atomic E-state index is 0.179. The molecule has 4 nitrogen and oxygen atoms in total. The second kappa shape index (κ2) is 6.78. The average Bonchev–Trinajstić information content (AvgIpc) is 2.41. The summed E-state index contributed by atoms with van der Waals surface area (Å²) in [6.45, 7) is 0. The van der Waals surface area contributed by atoms with Gasteiger partial charge in [0.2, 0.25) is 0 Å². The second-order valence-corrected chi connectivity index (χ2v) is 7.17. The number of hydrogen-bond acceptors (Lipinski definition) is 4. The Morgan fingerprint density at radius 2 is 2.26 bits per heavy atom. The summed E-state index contributed by atoms with van der Waals surface area (Å²) in [7, 11) is 0. The van der Waals surface area contributed by atoms with Crippen molar-refractivity contribution in [3.63, 3.8) is 0 Å². The predicted octanol–water partition coefficient (Wildman–Crippen LogP) is 4.29. The molecule has 1 N–H and O–H groups in total. The zero-order chi connectivity index (χ0) is 13.8. The van der Waals surface area contributed by atoms with Gasteiger partial charge >= 0.3 is 0 Å². The summed E-state index contributed by atoms with van der Waals surface area (Å²) in [6, 6.07) is 5.70. The number of thioether (sulfide) groups is 1. The monoisotopic (exact) mass is 392 g/mol. The number of halogens is 1. The summed E-state index contributed by atoms with van der Waals surface area (Å²) in [6.07, 6.45) is 6.78. The molecule has 0 saturated heterocycles. The number of nitrogens with one attached hydrogen (secondary N) is 1. The third-order valence-corrected chi connectivity index (χ3v) is 5.24. The van der Waals surface area contributed by atoms with E-state index >= 15 is 0 Å². The number of rotatable bonds is 4. The zero-order valence-electron chi connectivity index (χ0n) is 10.8. The van der Waals surface area contributed by atoms with E-state index in [0.29, 0.717) is 17.0 Å². The van der Waals surface area contributed by atoms with E-state index in [1.807, 2.05) is 23.9 Å². The van der Waals surface area contributed by atoms with Gasteiger partial charge in [0.05, 0.1) is 4.92 Å². The molecule has 2 rings (SSSR count). The molecule has 2 unspecified atom stereocenters. The molecule has 1 aliphatic carbocycles. The topological polar surface area (TPSA) is 55.2 Å². The van der Waals surface area contributed by atoms with Crippen molar-refractivity contribution in [1.82, 2.24) is 0 Å². The highest BCUT2D eigenvalue weighted by molar-refractivity contribution is 14.1. The number of hydrogen-bond donors (Lipinski definition) is 1. The van der Waals surface area contributed by atoms with E-state index < -0.39 is 0 Å². The fourth-order valence-corrected chi connectivity index (χ4v) is 3.79. The first-order chi connectivity index (χ1) is 9.10. The van der Waals surface area contributed by atoms with Crippen LogP contribution in [0.15, 0.2) is 18.2 Å². The van der Waals surface area contributed by atoms with Crippen molar-refractivity contribution in [1.29, 1.82) is 0 Å². The van der Waals surface area contributed by atoms with E-state index in [1.165, 1.54) is 12.8 Å². The highest BCUT2D eigenvalue weighted by atomic mass is 127. The smallest absolute Gasteiger partial charge is 0.293 e. The van der Waals surface area contributed by atoms with Gasteiger partial charge in [-0.3, -0.25) is 10.1 Å². The lowest BCUT2D eigenvalue weighted by Gasteiger charge is -2.29. The number of benzene rings is 1. The summed E-state index contributed by atoms with van der Waals surface area (Å²) in [5.41, 5.74) is 0.829. The summed E-state index contributed by atoms with van der Waals surface area (Å²) in [5.74, 6) is 0. The molecule has 0 radical (unpaired) electrons. The normalized spacial score (nSPS) is 23.1. The van der Waals surface area contributed by atoms with Crippen molar-refractivity contribution in [2.45, 2.75) is 37.0 Å². The molecule has 1 aromatic rings. The summed E-state index contributed by atoms with van der Waals surface area (Å²) in [4.78, 5) is 10.8. The molecule has 2 atom stereocenters. The lowest BCUT2D eigenvalue weighted by atomic mass is 9.94. The highest BCUT2D eigenvalue weighted by Crippen LogP contribution is 2.32. The Morgan fingerprint density at radius 3 is 2.95 bits per heavy atom. The van der Waals surface area contributed by atoms with Crippen LogP contribution in [0, 0.1) is 13.7 Å². The van der Waals surface area contributed by atoms with E-state index in [0.717, 1.165) is 16.4 Å². The Balaban J connectivity index is 2.12. The minimum atomic E-state index is -0.306. The van der Waals surface area contributed by atoms with Gasteiger partial charge in [0.1, 0.15) is 5.69 Å². The van der Waals surface area contributed by atoms with Crippen molar-refractivity contribution in [3.8, 4) is 0 Å². The van der Waals surface area contributed by atoms with Crippen molar-refractivity contribution in [3.05, 3.63) is 31.9 Å². The van der Waals surface area contributed by atoms with Gasteiger partial charge in [-0.1, -0.05) is 6.42 Å². The molecule has 104 valence electrons. The summed E-state index contributed by atoms with van der Waals surface area (Å²) in [5, 5.41) is 15.1. The average molecular weight is 392 g/mol. The van der Waals surface area contributed by atoms with Crippen LogP contribution in [0.5, 0.6) is 0 Å². The number of nitro groups is 1. The van der Waals surface area contributed by atoms with Crippen LogP contribution in [0.4, 0.5) is 11.4 Å². The fraction of sp³-hybridized carbons (Fsp3) is 0.538. The van der Waals surface area contributed by atoms with Crippen LogP contribution >= 0.6 is 34.4 Å². The molecule has 1 aromatic carbocycles. The van der Waals surface area contributed by atoms with Crippen LogP contribution in [0.3, 0.4) is 0 Å². The lowest BCUT2D eigenvalue weighted by Crippen LogP contribution is -2.28. The molecule has 0 spiro atoms. The molecule has 0 heterocycles. The third kappa shape index (κ3) is 3.98. The SMILES string of the molecule is CSC1CCCC(Nc2ccc(I)cc2[N+](=O)[O-])C1. The number of nitro benzene ring substituents is 1. The van der Waals surface area contributed by atoms with E-state index in [9.17, 15) is 10.1 Å². The van der Waals surface area contributed by atoms with E-state index in [-0.39, 0.29) is 10.6 Å².